The Labute approximate surface area is 112 Å². The third-order valence-electron chi connectivity index (χ3n) is 3.73. The van der Waals surface area contributed by atoms with E-state index < -0.39 is 0 Å². The summed E-state index contributed by atoms with van der Waals surface area (Å²) < 4.78 is 7.50. The number of nitrogens with zero attached hydrogens (tertiary/aromatic N) is 2. The largest absolute Gasteiger partial charge is 0.496 e. The summed E-state index contributed by atoms with van der Waals surface area (Å²) in [4.78, 5) is 4.70. The number of benzene rings is 1. The summed E-state index contributed by atoms with van der Waals surface area (Å²) in [7, 11) is 1.67. The van der Waals surface area contributed by atoms with E-state index in [1.165, 1.54) is 0 Å². The minimum absolute atomic E-state index is 0.166. The Bertz CT molecular complexity index is 577. The summed E-state index contributed by atoms with van der Waals surface area (Å²) in [6.45, 7) is 0.175. The van der Waals surface area contributed by atoms with Crippen molar-refractivity contribution in [1.29, 1.82) is 0 Å². The summed E-state index contributed by atoms with van der Waals surface area (Å²) in [6, 6.07) is 8.06. The number of aliphatic hydroxyl groups excluding tert-OH is 1. The molecule has 4 heteroatoms. The number of methoxy groups -OCH3 is 1. The average Bonchev–Trinajstić information content (AvgIpc) is 2.90. The van der Waals surface area contributed by atoms with E-state index in [9.17, 15) is 5.11 Å². The van der Waals surface area contributed by atoms with Crippen LogP contribution in [-0.2, 0) is 6.42 Å². The number of aliphatic hydroxyl groups is 1. The molecule has 0 spiro atoms. The molecule has 1 aliphatic rings. The Kier molecular flexibility index (Phi) is 3.25. The molecule has 1 aromatic heterocycles. The molecular weight excluding hydrogens is 240 g/mol. The van der Waals surface area contributed by atoms with Gasteiger partial charge < -0.3 is 14.4 Å². The Morgan fingerprint density at radius 1 is 1.42 bits per heavy atom. The van der Waals surface area contributed by atoms with Gasteiger partial charge in [0.15, 0.2) is 0 Å². The van der Waals surface area contributed by atoms with Crippen molar-refractivity contribution in [3.63, 3.8) is 0 Å². The van der Waals surface area contributed by atoms with Gasteiger partial charge in [0.1, 0.15) is 11.6 Å². The first-order chi connectivity index (χ1) is 9.33. The predicted molar refractivity (Wildman–Crippen MR) is 73.3 cm³/mol. The van der Waals surface area contributed by atoms with Crippen molar-refractivity contribution >= 4 is 0 Å². The van der Waals surface area contributed by atoms with Crippen LogP contribution in [0.25, 0.3) is 11.3 Å². The molecule has 1 unspecified atom stereocenters. The van der Waals surface area contributed by atoms with Crippen molar-refractivity contribution in [3.8, 4) is 17.0 Å². The molecule has 0 aliphatic carbocycles. The SMILES string of the molecule is COc1ccccc1-c1cn2c(n1)CCCC2CO. The van der Waals surface area contributed by atoms with Crippen molar-refractivity contribution < 1.29 is 9.84 Å². The Morgan fingerprint density at radius 3 is 3.05 bits per heavy atom. The van der Waals surface area contributed by atoms with Gasteiger partial charge in [-0.1, -0.05) is 12.1 Å². The second-order valence-corrected chi connectivity index (χ2v) is 4.88. The molecule has 100 valence electrons. The molecule has 1 atom stereocenters. The molecule has 0 bridgehead atoms. The smallest absolute Gasteiger partial charge is 0.128 e. The zero-order valence-electron chi connectivity index (χ0n) is 11.0. The van der Waals surface area contributed by atoms with Gasteiger partial charge in [0.2, 0.25) is 0 Å². The van der Waals surface area contributed by atoms with Crippen LogP contribution in [0, 0.1) is 0 Å². The lowest BCUT2D eigenvalue weighted by Gasteiger charge is -2.22. The fourth-order valence-electron chi connectivity index (χ4n) is 2.73. The molecule has 0 radical (unpaired) electrons. The summed E-state index contributed by atoms with van der Waals surface area (Å²) in [5.74, 6) is 1.89. The molecule has 0 fully saturated rings. The van der Waals surface area contributed by atoms with Crippen molar-refractivity contribution in [2.24, 2.45) is 0 Å². The van der Waals surface area contributed by atoms with Crippen molar-refractivity contribution in [2.45, 2.75) is 25.3 Å². The van der Waals surface area contributed by atoms with Gasteiger partial charge in [-0.15, -0.1) is 0 Å². The molecule has 4 nitrogen and oxygen atoms in total. The minimum atomic E-state index is 0.166. The quantitative estimate of drug-likeness (QED) is 0.919. The first-order valence-electron chi connectivity index (χ1n) is 6.65. The van der Waals surface area contributed by atoms with Gasteiger partial charge in [0.05, 0.1) is 25.5 Å². The molecule has 1 N–H and O–H groups in total. The van der Waals surface area contributed by atoms with E-state index in [1.807, 2.05) is 30.5 Å². The lowest BCUT2D eigenvalue weighted by Crippen LogP contribution is -2.20. The van der Waals surface area contributed by atoms with Gasteiger partial charge in [-0.2, -0.15) is 0 Å². The zero-order chi connectivity index (χ0) is 13.2. The molecule has 3 rings (SSSR count). The van der Waals surface area contributed by atoms with Crippen molar-refractivity contribution in [1.82, 2.24) is 9.55 Å². The topological polar surface area (TPSA) is 47.3 Å². The molecule has 2 aromatic rings. The van der Waals surface area contributed by atoms with Crippen LogP contribution in [-0.4, -0.2) is 28.4 Å². The molecule has 1 aromatic carbocycles. The number of hydrogen-bond donors (Lipinski definition) is 1. The molecular formula is C15H18N2O2. The van der Waals surface area contributed by atoms with E-state index in [0.29, 0.717) is 0 Å². The third-order valence-corrected chi connectivity index (χ3v) is 3.73. The van der Waals surface area contributed by atoms with Crippen LogP contribution in [0.2, 0.25) is 0 Å². The Morgan fingerprint density at radius 2 is 2.26 bits per heavy atom. The summed E-state index contributed by atoms with van der Waals surface area (Å²) in [5, 5.41) is 9.45. The van der Waals surface area contributed by atoms with E-state index in [-0.39, 0.29) is 12.6 Å². The summed E-state index contributed by atoms with van der Waals surface area (Å²) >= 11 is 0. The maximum Gasteiger partial charge on any atom is 0.128 e. The first kappa shape index (κ1) is 12.2. The highest BCUT2D eigenvalue weighted by Crippen LogP contribution is 2.32. The number of aromatic nitrogens is 2. The van der Waals surface area contributed by atoms with Gasteiger partial charge in [-0.3, -0.25) is 0 Å². The van der Waals surface area contributed by atoms with Crippen LogP contribution in [0.1, 0.15) is 24.7 Å². The van der Waals surface area contributed by atoms with Crippen molar-refractivity contribution in [3.05, 3.63) is 36.3 Å². The number of fused-ring (bicyclic) bond motifs is 1. The normalized spacial score (nSPS) is 18.1. The van der Waals surface area contributed by atoms with Crippen LogP contribution in [0.5, 0.6) is 5.75 Å². The molecule has 1 aliphatic heterocycles. The monoisotopic (exact) mass is 258 g/mol. The number of rotatable bonds is 3. The van der Waals surface area contributed by atoms with Crippen LogP contribution in [0.3, 0.4) is 0 Å². The Balaban J connectivity index is 2.05. The fraction of sp³-hybridized carbons (Fsp3) is 0.400. The van der Waals surface area contributed by atoms with Gasteiger partial charge >= 0.3 is 0 Å². The maximum absolute atomic E-state index is 9.45. The van der Waals surface area contributed by atoms with E-state index in [2.05, 4.69) is 4.57 Å². The predicted octanol–water partition coefficient (Wildman–Crippen LogP) is 2.43. The molecule has 0 saturated carbocycles. The fourth-order valence-corrected chi connectivity index (χ4v) is 2.73. The number of aryl methyl sites for hydroxylation is 1. The second-order valence-electron chi connectivity index (χ2n) is 4.88. The maximum atomic E-state index is 9.45. The number of para-hydroxylation sites is 1. The molecule has 19 heavy (non-hydrogen) atoms. The van der Waals surface area contributed by atoms with Crippen LogP contribution in [0.15, 0.2) is 30.5 Å². The molecule has 0 saturated heterocycles. The molecule has 0 amide bonds. The molecule has 2 heterocycles. The first-order valence-corrected chi connectivity index (χ1v) is 6.65. The number of imidazole rings is 1. The third kappa shape index (κ3) is 2.12. The standard InChI is InChI=1S/C15H18N2O2/c1-19-14-7-3-2-6-12(14)13-9-17-11(10-18)5-4-8-15(17)16-13/h2-3,6-7,9,11,18H,4-5,8,10H2,1H3. The van der Waals surface area contributed by atoms with Crippen LogP contribution in [0.4, 0.5) is 0 Å². The number of hydrogen-bond acceptors (Lipinski definition) is 3. The summed E-state index contributed by atoms with van der Waals surface area (Å²) in [6.07, 6.45) is 5.12. The van der Waals surface area contributed by atoms with Gasteiger partial charge in [0, 0.05) is 18.2 Å². The Hall–Kier alpha value is -1.81. The van der Waals surface area contributed by atoms with Crippen LogP contribution >= 0.6 is 0 Å². The van der Waals surface area contributed by atoms with E-state index >= 15 is 0 Å². The average molecular weight is 258 g/mol. The highest BCUT2D eigenvalue weighted by Gasteiger charge is 2.22. The van der Waals surface area contributed by atoms with Gasteiger partial charge in [-0.05, 0) is 25.0 Å². The van der Waals surface area contributed by atoms with E-state index in [4.69, 9.17) is 9.72 Å². The number of ether oxygens (including phenoxy) is 1. The van der Waals surface area contributed by atoms with Gasteiger partial charge in [0.25, 0.3) is 0 Å². The van der Waals surface area contributed by atoms with E-state index in [0.717, 1.165) is 42.1 Å². The zero-order valence-corrected chi connectivity index (χ0v) is 11.0. The lowest BCUT2D eigenvalue weighted by molar-refractivity contribution is 0.206. The highest BCUT2D eigenvalue weighted by atomic mass is 16.5. The summed E-state index contributed by atoms with van der Waals surface area (Å²) in [5.41, 5.74) is 1.93. The highest BCUT2D eigenvalue weighted by molar-refractivity contribution is 5.66. The minimum Gasteiger partial charge on any atom is -0.496 e. The van der Waals surface area contributed by atoms with Gasteiger partial charge in [-0.25, -0.2) is 4.98 Å². The van der Waals surface area contributed by atoms with Crippen LogP contribution < -0.4 is 4.74 Å². The van der Waals surface area contributed by atoms with E-state index in [1.54, 1.807) is 7.11 Å². The second kappa shape index (κ2) is 5.05. The lowest BCUT2D eigenvalue weighted by atomic mass is 10.1. The van der Waals surface area contributed by atoms with Crippen molar-refractivity contribution in [2.75, 3.05) is 13.7 Å².